The lowest BCUT2D eigenvalue weighted by Gasteiger charge is -2.47. The lowest BCUT2D eigenvalue weighted by Crippen LogP contribution is -2.53. The van der Waals surface area contributed by atoms with E-state index in [4.69, 9.17) is 0 Å². The van der Waals surface area contributed by atoms with Gasteiger partial charge >= 0.3 is 6.18 Å². The van der Waals surface area contributed by atoms with Gasteiger partial charge in [-0.2, -0.15) is 13.2 Å². The topological polar surface area (TPSA) is 78.4 Å². The molecule has 6 nitrogen and oxygen atoms in total. The van der Waals surface area contributed by atoms with Gasteiger partial charge in [0.05, 0.1) is 23.7 Å². The van der Waals surface area contributed by atoms with Gasteiger partial charge < -0.3 is 10.4 Å². The molecule has 1 saturated carbocycles. The number of halogens is 3. The zero-order chi connectivity index (χ0) is 23.6. The number of aromatic nitrogens is 2. The highest BCUT2D eigenvalue weighted by atomic mass is 19.4. The Kier molecular flexibility index (Phi) is 6.99. The molecule has 0 radical (unpaired) electrons. The standard InChI is InChI=1S/C24H29F3N4O2/c1-2-22(33)16-3-6-18(7-4-16)31-12-15(13-31)9-19(32)11-28-23-20-10-17(24(25,26)27)5-8-21(20)29-14-30-23/h2,5,8,10,14-16,18,22,33H,1,3-4,6-7,9,11-13H2,(H,28,29,30). The van der Waals surface area contributed by atoms with Crippen molar-refractivity contribution >= 4 is 22.5 Å². The third-order valence-electron chi connectivity index (χ3n) is 6.90. The molecule has 1 aliphatic carbocycles. The molecule has 9 heteroatoms. The van der Waals surface area contributed by atoms with Crippen molar-refractivity contribution in [2.75, 3.05) is 25.0 Å². The van der Waals surface area contributed by atoms with E-state index in [0.29, 0.717) is 29.8 Å². The number of aliphatic hydroxyl groups is 1. The molecule has 2 heterocycles. The molecule has 1 aliphatic heterocycles. The summed E-state index contributed by atoms with van der Waals surface area (Å²) in [5.74, 6) is 0.840. The number of alkyl halides is 3. The number of benzene rings is 1. The van der Waals surface area contributed by atoms with Crippen molar-refractivity contribution in [3.8, 4) is 0 Å². The van der Waals surface area contributed by atoms with Crippen LogP contribution < -0.4 is 5.32 Å². The van der Waals surface area contributed by atoms with Crippen LogP contribution in [0.3, 0.4) is 0 Å². The van der Waals surface area contributed by atoms with Crippen LogP contribution in [0.25, 0.3) is 10.9 Å². The Morgan fingerprint density at radius 3 is 2.64 bits per heavy atom. The molecule has 0 bridgehead atoms. The van der Waals surface area contributed by atoms with Crippen molar-refractivity contribution in [1.82, 2.24) is 14.9 Å². The second-order valence-electron chi connectivity index (χ2n) is 9.16. The summed E-state index contributed by atoms with van der Waals surface area (Å²) >= 11 is 0. The molecule has 178 valence electrons. The number of likely N-dealkylation sites (tertiary alicyclic amines) is 1. The average Bonchev–Trinajstić information content (AvgIpc) is 2.78. The fourth-order valence-electron chi connectivity index (χ4n) is 4.99. The summed E-state index contributed by atoms with van der Waals surface area (Å²) in [6.45, 7) is 5.46. The molecule has 1 aromatic heterocycles. The third kappa shape index (κ3) is 5.52. The Labute approximate surface area is 190 Å². The number of carbonyl (C=O) groups is 1. The number of carbonyl (C=O) groups excluding carboxylic acids is 1. The van der Waals surface area contributed by atoms with Crippen LogP contribution >= 0.6 is 0 Å². The van der Waals surface area contributed by atoms with Gasteiger partial charge in [-0.3, -0.25) is 9.69 Å². The van der Waals surface area contributed by atoms with Crippen LogP contribution in [0.2, 0.25) is 0 Å². The van der Waals surface area contributed by atoms with Crippen molar-refractivity contribution in [1.29, 1.82) is 0 Å². The van der Waals surface area contributed by atoms with Crippen LogP contribution in [0, 0.1) is 11.8 Å². The van der Waals surface area contributed by atoms with E-state index >= 15 is 0 Å². The number of nitrogens with zero attached hydrogens (tertiary/aromatic N) is 3. The van der Waals surface area contributed by atoms with Crippen LogP contribution in [0.5, 0.6) is 0 Å². The molecule has 0 amide bonds. The van der Waals surface area contributed by atoms with Gasteiger partial charge in [0.2, 0.25) is 0 Å². The van der Waals surface area contributed by atoms with Crippen molar-refractivity contribution in [3.63, 3.8) is 0 Å². The molecule has 1 atom stereocenters. The fraction of sp³-hybridized carbons (Fsp3) is 0.542. The summed E-state index contributed by atoms with van der Waals surface area (Å²) < 4.78 is 39.2. The van der Waals surface area contributed by atoms with Gasteiger partial charge in [-0.1, -0.05) is 6.08 Å². The van der Waals surface area contributed by atoms with E-state index in [0.717, 1.165) is 50.9 Å². The predicted molar refractivity (Wildman–Crippen MR) is 120 cm³/mol. The first kappa shape index (κ1) is 23.6. The summed E-state index contributed by atoms with van der Waals surface area (Å²) in [6, 6.07) is 3.81. The van der Waals surface area contributed by atoms with E-state index in [2.05, 4.69) is 26.8 Å². The molecule has 1 aromatic carbocycles. The monoisotopic (exact) mass is 462 g/mol. The number of ketones is 1. The summed E-state index contributed by atoms with van der Waals surface area (Å²) in [7, 11) is 0. The van der Waals surface area contributed by atoms with E-state index in [-0.39, 0.29) is 23.5 Å². The van der Waals surface area contributed by atoms with Gasteiger partial charge in [0.15, 0.2) is 5.78 Å². The number of hydrogen-bond donors (Lipinski definition) is 2. The van der Waals surface area contributed by atoms with Gasteiger partial charge in [-0.25, -0.2) is 9.97 Å². The van der Waals surface area contributed by atoms with E-state index in [1.807, 2.05) is 0 Å². The maximum atomic E-state index is 13.1. The zero-order valence-corrected chi connectivity index (χ0v) is 18.4. The second-order valence-corrected chi connectivity index (χ2v) is 9.16. The van der Waals surface area contributed by atoms with E-state index in [1.165, 1.54) is 12.4 Å². The summed E-state index contributed by atoms with van der Waals surface area (Å²) in [6.07, 6.45) is 2.53. The molecule has 2 N–H and O–H groups in total. The van der Waals surface area contributed by atoms with E-state index in [9.17, 15) is 23.1 Å². The number of Topliss-reactive ketones (excluding diaryl/α,β-unsaturated/α-hetero) is 1. The smallest absolute Gasteiger partial charge is 0.389 e. The fourth-order valence-corrected chi connectivity index (χ4v) is 4.99. The Morgan fingerprint density at radius 2 is 1.97 bits per heavy atom. The molecule has 4 rings (SSSR count). The Balaban J connectivity index is 1.25. The van der Waals surface area contributed by atoms with E-state index in [1.54, 1.807) is 6.08 Å². The maximum Gasteiger partial charge on any atom is 0.416 e. The molecule has 0 spiro atoms. The molecule has 33 heavy (non-hydrogen) atoms. The van der Waals surface area contributed by atoms with Crippen LogP contribution in [-0.4, -0.2) is 57.5 Å². The van der Waals surface area contributed by atoms with Gasteiger partial charge in [-0.05, 0) is 55.7 Å². The lowest BCUT2D eigenvalue weighted by atomic mass is 9.80. The Hall–Kier alpha value is -2.52. The SMILES string of the molecule is C=CC(O)C1CCC(N2CC(CC(=O)CNc3ncnc4ccc(C(F)(F)F)cc34)C2)CC1. The highest BCUT2D eigenvalue weighted by Crippen LogP contribution is 2.34. The Bertz CT molecular complexity index is 999. The van der Waals surface area contributed by atoms with Gasteiger partial charge in [-0.15, -0.1) is 6.58 Å². The molecule has 1 unspecified atom stereocenters. The van der Waals surface area contributed by atoms with Crippen LogP contribution in [0.4, 0.5) is 19.0 Å². The number of nitrogens with one attached hydrogen (secondary N) is 1. The first-order valence-corrected chi connectivity index (χ1v) is 11.4. The highest BCUT2D eigenvalue weighted by molar-refractivity contribution is 5.91. The third-order valence-corrected chi connectivity index (χ3v) is 6.90. The minimum Gasteiger partial charge on any atom is -0.389 e. The normalized spacial score (nSPS) is 23.2. The van der Waals surface area contributed by atoms with Crippen LogP contribution in [0.1, 0.15) is 37.7 Å². The van der Waals surface area contributed by atoms with Crippen LogP contribution in [-0.2, 0) is 11.0 Å². The van der Waals surface area contributed by atoms with Crippen molar-refractivity contribution in [2.45, 2.75) is 50.4 Å². The van der Waals surface area contributed by atoms with Crippen molar-refractivity contribution in [2.24, 2.45) is 11.8 Å². The minimum atomic E-state index is -4.46. The second kappa shape index (κ2) is 9.77. The van der Waals surface area contributed by atoms with Gasteiger partial charge in [0.25, 0.3) is 0 Å². The quantitative estimate of drug-likeness (QED) is 0.576. The number of anilines is 1. The maximum absolute atomic E-state index is 13.1. The number of rotatable bonds is 8. The number of hydrogen-bond acceptors (Lipinski definition) is 6. The molecule has 2 aliphatic rings. The molecular weight excluding hydrogens is 433 g/mol. The molecule has 1 saturated heterocycles. The van der Waals surface area contributed by atoms with Crippen molar-refractivity contribution < 1.29 is 23.1 Å². The molecule has 2 aromatic rings. The highest BCUT2D eigenvalue weighted by Gasteiger charge is 2.36. The van der Waals surface area contributed by atoms with E-state index < -0.39 is 17.8 Å². The van der Waals surface area contributed by atoms with Gasteiger partial charge in [0.1, 0.15) is 12.1 Å². The molecular formula is C24H29F3N4O2. The summed E-state index contributed by atoms with van der Waals surface area (Å²) in [5.41, 5.74) is -0.389. The summed E-state index contributed by atoms with van der Waals surface area (Å²) in [5, 5.41) is 13.1. The average molecular weight is 463 g/mol. The first-order chi connectivity index (χ1) is 15.7. The van der Waals surface area contributed by atoms with Crippen LogP contribution in [0.15, 0.2) is 37.2 Å². The minimum absolute atomic E-state index is 0.0104. The number of fused-ring (bicyclic) bond motifs is 1. The predicted octanol–water partition coefficient (Wildman–Crippen LogP) is 4.06. The summed E-state index contributed by atoms with van der Waals surface area (Å²) in [4.78, 5) is 22.9. The zero-order valence-electron chi connectivity index (χ0n) is 18.4. The first-order valence-electron chi connectivity index (χ1n) is 11.4. The van der Waals surface area contributed by atoms with Crippen molar-refractivity contribution in [3.05, 3.63) is 42.7 Å². The molecule has 2 fully saturated rings. The van der Waals surface area contributed by atoms with Gasteiger partial charge in [0, 0.05) is 30.9 Å². The lowest BCUT2D eigenvalue weighted by molar-refractivity contribution is -0.137. The number of aliphatic hydroxyl groups excluding tert-OH is 1. The Morgan fingerprint density at radius 1 is 1.24 bits per heavy atom. The largest absolute Gasteiger partial charge is 0.416 e.